The van der Waals surface area contributed by atoms with E-state index in [1.165, 1.54) is 18.0 Å². The highest BCUT2D eigenvalue weighted by Crippen LogP contribution is 2.20. The number of nitrogens with two attached hydrogens (primary N) is 1. The summed E-state index contributed by atoms with van der Waals surface area (Å²) < 4.78 is 5.01. The van der Waals surface area contributed by atoms with Gasteiger partial charge in [0.15, 0.2) is 5.72 Å². The van der Waals surface area contributed by atoms with Gasteiger partial charge >= 0.3 is 0 Å². The Hall–Kier alpha value is -1.65. The third-order valence-corrected chi connectivity index (χ3v) is 2.67. The van der Waals surface area contributed by atoms with Gasteiger partial charge in [0, 0.05) is 0 Å². The molecule has 90 valence electrons. The number of rotatable bonds is 5. The van der Waals surface area contributed by atoms with E-state index in [1.54, 1.807) is 0 Å². The van der Waals surface area contributed by atoms with E-state index in [-0.39, 0.29) is 5.89 Å². The first kappa shape index (κ1) is 11.8. The highest BCUT2D eigenvalue weighted by Gasteiger charge is 2.28. The number of benzene rings is 1. The van der Waals surface area contributed by atoms with Crippen molar-refractivity contribution in [3.05, 3.63) is 54.2 Å². The zero-order valence-electron chi connectivity index (χ0n) is 9.54. The van der Waals surface area contributed by atoms with Crippen molar-refractivity contribution >= 4 is 0 Å². The standard InChI is InChI=1S/C13H16N2O2/c14-13(16,12-15-9-10-17-12)8-4-7-11-5-2-1-3-6-11/h1-3,5-6,9-10,16H,4,7-8,14H2/t13-/m0/s1. The van der Waals surface area contributed by atoms with E-state index < -0.39 is 5.72 Å². The minimum atomic E-state index is -1.47. The molecule has 0 aliphatic heterocycles. The molecule has 0 radical (unpaired) electrons. The van der Waals surface area contributed by atoms with E-state index in [0.717, 1.165) is 12.8 Å². The van der Waals surface area contributed by atoms with E-state index in [9.17, 15) is 5.11 Å². The first-order valence-corrected chi connectivity index (χ1v) is 5.64. The first-order valence-electron chi connectivity index (χ1n) is 5.64. The summed E-state index contributed by atoms with van der Waals surface area (Å²) in [4.78, 5) is 3.87. The molecule has 1 heterocycles. The number of nitrogens with zero attached hydrogens (tertiary/aromatic N) is 1. The summed E-state index contributed by atoms with van der Waals surface area (Å²) in [6, 6.07) is 10.1. The lowest BCUT2D eigenvalue weighted by molar-refractivity contribution is 0.00531. The molecule has 2 rings (SSSR count). The Labute approximate surface area is 100 Å². The van der Waals surface area contributed by atoms with Crippen molar-refractivity contribution in [1.82, 2.24) is 4.98 Å². The van der Waals surface area contributed by atoms with Crippen molar-refractivity contribution in [3.63, 3.8) is 0 Å². The smallest absolute Gasteiger partial charge is 0.241 e. The van der Waals surface area contributed by atoms with Crippen LogP contribution in [-0.4, -0.2) is 10.1 Å². The van der Waals surface area contributed by atoms with Gasteiger partial charge in [-0.25, -0.2) is 4.98 Å². The monoisotopic (exact) mass is 232 g/mol. The van der Waals surface area contributed by atoms with Crippen LogP contribution in [0.5, 0.6) is 0 Å². The molecule has 0 fully saturated rings. The molecule has 0 aliphatic carbocycles. The number of hydrogen-bond donors (Lipinski definition) is 2. The molecule has 4 heteroatoms. The number of aliphatic hydroxyl groups is 1. The van der Waals surface area contributed by atoms with Crippen molar-refractivity contribution in [3.8, 4) is 0 Å². The third kappa shape index (κ3) is 3.15. The molecule has 17 heavy (non-hydrogen) atoms. The molecule has 1 aromatic carbocycles. The zero-order valence-corrected chi connectivity index (χ0v) is 9.54. The predicted molar refractivity (Wildman–Crippen MR) is 64.0 cm³/mol. The second-order valence-electron chi connectivity index (χ2n) is 4.10. The fourth-order valence-corrected chi connectivity index (χ4v) is 1.75. The Kier molecular flexibility index (Phi) is 3.56. The summed E-state index contributed by atoms with van der Waals surface area (Å²) in [5, 5.41) is 9.97. The molecule has 1 atom stereocenters. The molecule has 0 unspecified atom stereocenters. The second-order valence-corrected chi connectivity index (χ2v) is 4.10. The fraction of sp³-hybridized carbons (Fsp3) is 0.308. The summed E-state index contributed by atoms with van der Waals surface area (Å²) in [5.41, 5.74) is 5.50. The maximum atomic E-state index is 9.97. The Balaban J connectivity index is 1.86. The van der Waals surface area contributed by atoms with Crippen molar-refractivity contribution in [2.45, 2.75) is 25.0 Å². The number of oxazole rings is 1. The van der Waals surface area contributed by atoms with Crippen molar-refractivity contribution < 1.29 is 9.52 Å². The minimum absolute atomic E-state index is 0.172. The van der Waals surface area contributed by atoms with Gasteiger partial charge < -0.3 is 9.52 Å². The van der Waals surface area contributed by atoms with Gasteiger partial charge in [-0.2, -0.15) is 0 Å². The summed E-state index contributed by atoms with van der Waals surface area (Å²) >= 11 is 0. The third-order valence-electron chi connectivity index (χ3n) is 2.67. The maximum Gasteiger partial charge on any atom is 0.241 e. The highest BCUT2D eigenvalue weighted by atomic mass is 16.4. The summed E-state index contributed by atoms with van der Waals surface area (Å²) in [7, 11) is 0. The molecular weight excluding hydrogens is 216 g/mol. The molecule has 2 aromatic rings. The van der Waals surface area contributed by atoms with Crippen molar-refractivity contribution in [1.29, 1.82) is 0 Å². The first-order chi connectivity index (χ1) is 8.18. The molecule has 1 aromatic heterocycles. The van der Waals surface area contributed by atoms with E-state index in [4.69, 9.17) is 10.2 Å². The van der Waals surface area contributed by atoms with Gasteiger partial charge in [-0.05, 0) is 24.8 Å². The van der Waals surface area contributed by atoms with Crippen LogP contribution in [0.25, 0.3) is 0 Å². The van der Waals surface area contributed by atoms with Crippen molar-refractivity contribution in [2.24, 2.45) is 5.73 Å². The normalized spacial score (nSPS) is 14.5. The SMILES string of the molecule is N[C@](O)(CCCc1ccccc1)c1ncco1. The lowest BCUT2D eigenvalue weighted by Crippen LogP contribution is -2.36. The Morgan fingerprint density at radius 1 is 1.29 bits per heavy atom. The minimum Gasteiger partial charge on any atom is -0.445 e. The number of aromatic nitrogens is 1. The van der Waals surface area contributed by atoms with E-state index in [0.29, 0.717) is 6.42 Å². The molecule has 0 spiro atoms. The zero-order chi connectivity index (χ0) is 12.1. The van der Waals surface area contributed by atoms with Crippen LogP contribution in [0.2, 0.25) is 0 Å². The summed E-state index contributed by atoms with van der Waals surface area (Å²) in [5.74, 6) is 0.172. The second kappa shape index (κ2) is 5.12. The molecule has 0 saturated carbocycles. The van der Waals surface area contributed by atoms with Gasteiger partial charge in [-0.15, -0.1) is 0 Å². The average molecular weight is 232 g/mol. The average Bonchev–Trinajstić information content (AvgIpc) is 2.84. The molecule has 0 amide bonds. The van der Waals surface area contributed by atoms with Gasteiger partial charge in [0.05, 0.1) is 6.20 Å². The van der Waals surface area contributed by atoms with Crippen LogP contribution in [0.3, 0.4) is 0 Å². The van der Waals surface area contributed by atoms with Crippen LogP contribution in [0, 0.1) is 0 Å². The topological polar surface area (TPSA) is 72.3 Å². The van der Waals surface area contributed by atoms with E-state index in [1.807, 2.05) is 18.2 Å². The molecular formula is C13H16N2O2. The maximum absolute atomic E-state index is 9.97. The van der Waals surface area contributed by atoms with Crippen molar-refractivity contribution in [2.75, 3.05) is 0 Å². The van der Waals surface area contributed by atoms with E-state index >= 15 is 0 Å². The van der Waals surface area contributed by atoms with Gasteiger partial charge in [-0.1, -0.05) is 30.3 Å². The predicted octanol–water partition coefficient (Wildman–Crippen LogP) is 1.80. The molecule has 0 saturated heterocycles. The van der Waals surface area contributed by atoms with Gasteiger partial charge in [0.25, 0.3) is 0 Å². The largest absolute Gasteiger partial charge is 0.445 e. The van der Waals surface area contributed by atoms with Crippen LogP contribution < -0.4 is 5.73 Å². The van der Waals surface area contributed by atoms with Crippen LogP contribution in [0.4, 0.5) is 0 Å². The Bertz CT molecular complexity index is 438. The van der Waals surface area contributed by atoms with Crippen LogP contribution in [0.15, 0.2) is 47.2 Å². The summed E-state index contributed by atoms with van der Waals surface area (Å²) in [6.07, 6.45) is 4.96. The lowest BCUT2D eigenvalue weighted by atomic mass is 10.0. The molecule has 0 aliphatic rings. The summed E-state index contributed by atoms with van der Waals surface area (Å²) in [6.45, 7) is 0. The molecule has 0 bridgehead atoms. The van der Waals surface area contributed by atoms with Crippen LogP contribution >= 0.6 is 0 Å². The number of hydrogen-bond acceptors (Lipinski definition) is 4. The van der Waals surface area contributed by atoms with Gasteiger partial charge in [0.2, 0.25) is 5.89 Å². The highest BCUT2D eigenvalue weighted by molar-refractivity contribution is 5.14. The molecule has 3 N–H and O–H groups in total. The van der Waals surface area contributed by atoms with Gasteiger partial charge in [-0.3, -0.25) is 5.73 Å². The number of aryl methyl sites for hydroxylation is 1. The fourth-order valence-electron chi connectivity index (χ4n) is 1.75. The lowest BCUT2D eigenvalue weighted by Gasteiger charge is -2.18. The Morgan fingerprint density at radius 2 is 2.06 bits per heavy atom. The molecule has 4 nitrogen and oxygen atoms in total. The van der Waals surface area contributed by atoms with E-state index in [2.05, 4.69) is 17.1 Å². The van der Waals surface area contributed by atoms with Gasteiger partial charge in [0.1, 0.15) is 6.26 Å². The van der Waals surface area contributed by atoms with Crippen LogP contribution in [0.1, 0.15) is 24.3 Å². The van der Waals surface area contributed by atoms with Crippen LogP contribution in [-0.2, 0) is 12.1 Å². The Morgan fingerprint density at radius 3 is 2.71 bits per heavy atom. The quantitative estimate of drug-likeness (QED) is 0.771.